The maximum absolute atomic E-state index is 8.65. The molecule has 16 heavy (non-hydrogen) atoms. The zero-order valence-corrected chi connectivity index (χ0v) is 8.88. The minimum atomic E-state index is 0. The summed E-state index contributed by atoms with van der Waals surface area (Å²) in [7, 11) is 0. The molecule has 0 bridgehead atoms. The number of aromatic hydroxyl groups is 2. The van der Waals surface area contributed by atoms with Crippen molar-refractivity contribution in [1.82, 2.24) is 6.15 Å². The number of phenols is 2. The van der Waals surface area contributed by atoms with Crippen molar-refractivity contribution in [3.8, 4) is 11.5 Å². The van der Waals surface area contributed by atoms with Gasteiger partial charge in [-0.3, -0.25) is 0 Å². The minimum absolute atomic E-state index is 0. The number of nitrogen functional groups attached to an aromatic ring is 1. The molecule has 0 unspecified atom stereocenters. The van der Waals surface area contributed by atoms with Crippen LogP contribution in [0.3, 0.4) is 0 Å². The molecule has 0 radical (unpaired) electrons. The topological polar surface area (TPSA) is 101 Å². The van der Waals surface area contributed by atoms with Crippen molar-refractivity contribution in [1.29, 1.82) is 0 Å². The van der Waals surface area contributed by atoms with Crippen LogP contribution in [0.15, 0.2) is 54.6 Å². The van der Waals surface area contributed by atoms with E-state index in [9.17, 15) is 0 Å². The van der Waals surface area contributed by atoms with Crippen LogP contribution < -0.4 is 11.9 Å². The van der Waals surface area contributed by atoms with E-state index in [2.05, 4.69) is 0 Å². The van der Waals surface area contributed by atoms with Crippen molar-refractivity contribution in [3.63, 3.8) is 0 Å². The third-order valence-electron chi connectivity index (χ3n) is 1.65. The Labute approximate surface area is 94.6 Å². The zero-order valence-electron chi connectivity index (χ0n) is 8.88. The van der Waals surface area contributed by atoms with Gasteiger partial charge in [0.05, 0.1) is 0 Å². The molecule has 86 valence electrons. The maximum Gasteiger partial charge on any atom is 0.115 e. The molecule has 4 nitrogen and oxygen atoms in total. The van der Waals surface area contributed by atoms with Gasteiger partial charge in [-0.2, -0.15) is 0 Å². The Hall–Kier alpha value is -2.20. The van der Waals surface area contributed by atoms with E-state index in [0.717, 1.165) is 5.69 Å². The number of hydrogen-bond donors (Lipinski definition) is 4. The summed E-state index contributed by atoms with van der Waals surface area (Å²) in [6, 6.07) is 15.2. The highest BCUT2D eigenvalue weighted by atomic mass is 16.3. The third kappa shape index (κ3) is 5.51. The second-order valence-corrected chi connectivity index (χ2v) is 2.93. The number of para-hydroxylation sites is 1. The van der Waals surface area contributed by atoms with Crippen molar-refractivity contribution in [3.05, 3.63) is 54.6 Å². The van der Waals surface area contributed by atoms with E-state index >= 15 is 0 Å². The fourth-order valence-electron chi connectivity index (χ4n) is 0.906. The standard InChI is InChI=1S/C6H7N.C6H6O2.H3N/c7-6-4-2-1-3-5-6;7-5-1-2-6(8)4-3-5;/h1-5H,7H2;1-4,7-8H;1H3. The predicted molar refractivity (Wildman–Crippen MR) is 65.6 cm³/mol. The summed E-state index contributed by atoms with van der Waals surface area (Å²) < 4.78 is 0. The molecule has 0 saturated carbocycles. The summed E-state index contributed by atoms with van der Waals surface area (Å²) in [5.41, 5.74) is 6.18. The highest BCUT2D eigenvalue weighted by Gasteiger charge is 1.84. The average molecular weight is 220 g/mol. The normalized spacial score (nSPS) is 8.25. The van der Waals surface area contributed by atoms with Gasteiger partial charge in [0, 0.05) is 5.69 Å². The lowest BCUT2D eigenvalue weighted by atomic mass is 10.3. The molecular weight excluding hydrogens is 204 g/mol. The molecule has 2 aromatic carbocycles. The van der Waals surface area contributed by atoms with Crippen molar-refractivity contribution < 1.29 is 10.2 Å². The van der Waals surface area contributed by atoms with Crippen LogP contribution in [0, 0.1) is 0 Å². The number of benzene rings is 2. The van der Waals surface area contributed by atoms with Gasteiger partial charge in [0.15, 0.2) is 0 Å². The van der Waals surface area contributed by atoms with Crippen LogP contribution in [0.1, 0.15) is 0 Å². The van der Waals surface area contributed by atoms with Gasteiger partial charge in [-0.25, -0.2) is 0 Å². The van der Waals surface area contributed by atoms with Crippen LogP contribution in [0.25, 0.3) is 0 Å². The van der Waals surface area contributed by atoms with Crippen LogP contribution >= 0.6 is 0 Å². The molecule has 0 aliphatic heterocycles. The summed E-state index contributed by atoms with van der Waals surface area (Å²) in [6.45, 7) is 0. The van der Waals surface area contributed by atoms with E-state index in [-0.39, 0.29) is 17.6 Å². The van der Waals surface area contributed by atoms with Gasteiger partial charge < -0.3 is 22.1 Å². The van der Waals surface area contributed by atoms with E-state index in [4.69, 9.17) is 15.9 Å². The fourth-order valence-corrected chi connectivity index (χ4v) is 0.906. The zero-order chi connectivity index (χ0) is 11.1. The number of anilines is 1. The first-order chi connectivity index (χ1) is 7.18. The first-order valence-corrected chi connectivity index (χ1v) is 4.47. The molecule has 0 saturated heterocycles. The van der Waals surface area contributed by atoms with Gasteiger partial charge in [0.1, 0.15) is 11.5 Å². The van der Waals surface area contributed by atoms with Gasteiger partial charge in [0.2, 0.25) is 0 Å². The largest absolute Gasteiger partial charge is 0.508 e. The minimum Gasteiger partial charge on any atom is -0.508 e. The summed E-state index contributed by atoms with van der Waals surface area (Å²) in [6.07, 6.45) is 0. The Morgan fingerprint density at radius 3 is 1.31 bits per heavy atom. The van der Waals surface area contributed by atoms with E-state index < -0.39 is 0 Å². The third-order valence-corrected chi connectivity index (χ3v) is 1.65. The summed E-state index contributed by atoms with van der Waals surface area (Å²) >= 11 is 0. The van der Waals surface area contributed by atoms with Crippen molar-refractivity contribution in [2.24, 2.45) is 0 Å². The number of phenolic OH excluding ortho intramolecular Hbond substituents is 2. The van der Waals surface area contributed by atoms with Crippen LogP contribution in [0.4, 0.5) is 5.69 Å². The van der Waals surface area contributed by atoms with Crippen LogP contribution in [-0.2, 0) is 0 Å². The number of hydrogen-bond acceptors (Lipinski definition) is 4. The Kier molecular flexibility index (Phi) is 6.16. The Morgan fingerprint density at radius 1 is 0.688 bits per heavy atom. The second kappa shape index (κ2) is 7.14. The SMILES string of the molecule is N.Nc1ccccc1.Oc1ccc(O)cc1. The van der Waals surface area contributed by atoms with E-state index in [0.29, 0.717) is 0 Å². The quantitative estimate of drug-likeness (QED) is 0.404. The van der Waals surface area contributed by atoms with Crippen LogP contribution in [0.2, 0.25) is 0 Å². The molecular formula is C12H16N2O2. The van der Waals surface area contributed by atoms with Gasteiger partial charge in [0.25, 0.3) is 0 Å². The van der Waals surface area contributed by atoms with Gasteiger partial charge in [-0.05, 0) is 36.4 Å². The molecule has 0 atom stereocenters. The van der Waals surface area contributed by atoms with Crippen molar-refractivity contribution >= 4 is 5.69 Å². The summed E-state index contributed by atoms with van der Waals surface area (Å²) in [4.78, 5) is 0. The molecule has 0 fully saturated rings. The summed E-state index contributed by atoms with van der Waals surface area (Å²) in [5, 5.41) is 17.3. The molecule has 0 aliphatic carbocycles. The lowest BCUT2D eigenvalue weighted by molar-refractivity contribution is 0.460. The maximum atomic E-state index is 8.65. The highest BCUT2D eigenvalue weighted by Crippen LogP contribution is 2.13. The molecule has 7 N–H and O–H groups in total. The van der Waals surface area contributed by atoms with Gasteiger partial charge in [-0.15, -0.1) is 0 Å². The van der Waals surface area contributed by atoms with Crippen molar-refractivity contribution in [2.75, 3.05) is 5.73 Å². The second-order valence-electron chi connectivity index (χ2n) is 2.93. The molecule has 2 aromatic rings. The number of rotatable bonds is 0. The first kappa shape index (κ1) is 13.8. The lowest BCUT2D eigenvalue weighted by Crippen LogP contribution is -1.79. The fraction of sp³-hybridized carbons (Fsp3) is 0. The molecule has 0 spiro atoms. The predicted octanol–water partition coefficient (Wildman–Crippen LogP) is 2.53. The monoisotopic (exact) mass is 220 g/mol. The Bertz CT molecular complexity index is 367. The summed E-state index contributed by atoms with van der Waals surface area (Å²) in [5.74, 6) is 0.339. The molecule has 0 heterocycles. The van der Waals surface area contributed by atoms with E-state index in [1.807, 2.05) is 30.3 Å². The van der Waals surface area contributed by atoms with Crippen LogP contribution in [0.5, 0.6) is 11.5 Å². The average Bonchev–Trinajstić information content (AvgIpc) is 2.25. The Morgan fingerprint density at radius 2 is 1.06 bits per heavy atom. The van der Waals surface area contributed by atoms with Gasteiger partial charge in [-0.1, -0.05) is 18.2 Å². The van der Waals surface area contributed by atoms with E-state index in [1.54, 1.807) is 0 Å². The Balaban J connectivity index is 0.000000267. The van der Waals surface area contributed by atoms with Crippen molar-refractivity contribution in [2.45, 2.75) is 0 Å². The molecule has 4 heteroatoms. The van der Waals surface area contributed by atoms with Crippen LogP contribution in [-0.4, -0.2) is 10.2 Å². The molecule has 0 aliphatic rings. The first-order valence-electron chi connectivity index (χ1n) is 4.47. The highest BCUT2D eigenvalue weighted by molar-refractivity contribution is 5.35. The van der Waals surface area contributed by atoms with Gasteiger partial charge >= 0.3 is 0 Å². The smallest absolute Gasteiger partial charge is 0.115 e. The lowest BCUT2D eigenvalue weighted by Gasteiger charge is -1.88. The molecule has 0 aromatic heterocycles. The van der Waals surface area contributed by atoms with E-state index in [1.165, 1.54) is 24.3 Å². The molecule has 2 rings (SSSR count). The number of nitrogens with two attached hydrogens (primary N) is 1. The molecule has 0 amide bonds.